The lowest BCUT2D eigenvalue weighted by molar-refractivity contribution is -0.127. The largest absolute Gasteiger partial charge is 0.497 e. The zero-order chi connectivity index (χ0) is 26.0. The van der Waals surface area contributed by atoms with Gasteiger partial charge in [-0.05, 0) is 42.0 Å². The molecule has 3 aromatic heterocycles. The van der Waals surface area contributed by atoms with Gasteiger partial charge in [-0.15, -0.1) is 0 Å². The fourth-order valence-corrected chi connectivity index (χ4v) is 5.49. The fraction of sp³-hybridized carbons (Fsp3) is 0.172. The number of furan rings is 1. The molecule has 1 saturated heterocycles. The number of nitrogens with one attached hydrogen (secondary N) is 2. The first-order valence-electron chi connectivity index (χ1n) is 12.2. The molecule has 0 unspecified atom stereocenters. The highest BCUT2D eigenvalue weighted by molar-refractivity contribution is 6.10. The highest BCUT2D eigenvalue weighted by Crippen LogP contribution is 2.39. The molecule has 9 nitrogen and oxygen atoms in total. The van der Waals surface area contributed by atoms with Crippen LogP contribution in [0.1, 0.15) is 28.1 Å². The van der Waals surface area contributed by atoms with Crippen LogP contribution in [0.15, 0.2) is 71.1 Å². The minimum Gasteiger partial charge on any atom is -0.497 e. The number of aromatic amines is 1. The molecule has 2 aromatic carbocycles. The molecule has 5 heterocycles. The van der Waals surface area contributed by atoms with Crippen molar-refractivity contribution < 1.29 is 23.5 Å². The maximum atomic E-state index is 13.3. The van der Waals surface area contributed by atoms with E-state index in [1.54, 1.807) is 36.3 Å². The van der Waals surface area contributed by atoms with Crippen LogP contribution in [0.3, 0.4) is 0 Å². The van der Waals surface area contributed by atoms with E-state index in [9.17, 15) is 14.4 Å². The van der Waals surface area contributed by atoms with Gasteiger partial charge in [-0.2, -0.15) is 0 Å². The number of pyridine rings is 1. The predicted octanol–water partition coefficient (Wildman–Crippen LogP) is 3.93. The molecule has 2 aliphatic rings. The number of rotatable bonds is 5. The molecule has 188 valence electrons. The number of amides is 3. The molecule has 0 bridgehead atoms. The summed E-state index contributed by atoms with van der Waals surface area (Å²) < 4.78 is 11.4. The van der Waals surface area contributed by atoms with Gasteiger partial charge in [0.25, 0.3) is 5.91 Å². The summed E-state index contributed by atoms with van der Waals surface area (Å²) in [6, 6.07) is 20.7. The van der Waals surface area contributed by atoms with Gasteiger partial charge < -0.3 is 19.0 Å². The van der Waals surface area contributed by atoms with Gasteiger partial charge in [-0.25, -0.2) is 4.98 Å². The Morgan fingerprint density at radius 1 is 1.05 bits per heavy atom. The number of carbonyl (C=O) groups excluding carboxylic acids is 3. The van der Waals surface area contributed by atoms with Crippen LogP contribution in [0.4, 0.5) is 0 Å². The molecule has 1 fully saturated rings. The Morgan fingerprint density at radius 3 is 2.71 bits per heavy atom. The summed E-state index contributed by atoms with van der Waals surface area (Å²) in [4.78, 5) is 48.7. The molecule has 0 saturated carbocycles. The van der Waals surface area contributed by atoms with Gasteiger partial charge in [-0.3, -0.25) is 19.7 Å². The van der Waals surface area contributed by atoms with Gasteiger partial charge in [0.05, 0.1) is 24.9 Å². The number of nitrogens with zero attached hydrogens (tertiary/aromatic N) is 2. The molecule has 2 N–H and O–H groups in total. The summed E-state index contributed by atoms with van der Waals surface area (Å²) in [7, 11) is 1.54. The van der Waals surface area contributed by atoms with Gasteiger partial charge in [0.15, 0.2) is 5.58 Å². The zero-order valence-corrected chi connectivity index (χ0v) is 20.4. The van der Waals surface area contributed by atoms with Crippen molar-refractivity contribution in [3.05, 3.63) is 83.6 Å². The van der Waals surface area contributed by atoms with E-state index in [4.69, 9.17) is 14.1 Å². The van der Waals surface area contributed by atoms with E-state index in [-0.39, 0.29) is 18.9 Å². The molecular formula is C29H22N4O5. The normalized spacial score (nSPS) is 19.0. The number of ether oxygens (including phenoxy) is 1. The van der Waals surface area contributed by atoms with Crippen molar-refractivity contribution in [2.75, 3.05) is 13.7 Å². The first-order valence-corrected chi connectivity index (χ1v) is 12.2. The summed E-state index contributed by atoms with van der Waals surface area (Å²) >= 11 is 0. The summed E-state index contributed by atoms with van der Waals surface area (Å²) in [5.74, 6) is -0.234. The number of fused-ring (bicyclic) bond motifs is 3. The average Bonchev–Trinajstić information content (AvgIpc) is 3.68. The van der Waals surface area contributed by atoms with E-state index in [1.165, 1.54) is 0 Å². The standard InChI is InChI=1S/C29H22N4O5/c1-37-18-7-6-17-14-33(27(35)19(17)11-18)15-29(13-26(34)32-28(29)36)25-12-23-24(38-25)9-8-21(31-23)22-10-16-4-2-3-5-20(16)30-22/h2-12,30H,13-15H2,1H3,(H,32,34,36)/t29-/m1/s1. The second-order valence-corrected chi connectivity index (χ2v) is 9.78. The summed E-state index contributed by atoms with van der Waals surface area (Å²) in [5.41, 5.74) is 3.64. The molecular weight excluding hydrogens is 484 g/mol. The van der Waals surface area contributed by atoms with E-state index >= 15 is 0 Å². The van der Waals surface area contributed by atoms with E-state index in [0.29, 0.717) is 34.7 Å². The summed E-state index contributed by atoms with van der Waals surface area (Å²) in [6.45, 7) is 0.319. The molecule has 0 spiro atoms. The fourth-order valence-electron chi connectivity index (χ4n) is 5.49. The highest BCUT2D eigenvalue weighted by Gasteiger charge is 2.53. The molecule has 3 amide bonds. The van der Waals surface area contributed by atoms with Crippen molar-refractivity contribution in [3.8, 4) is 17.1 Å². The predicted molar refractivity (Wildman–Crippen MR) is 138 cm³/mol. The van der Waals surface area contributed by atoms with Crippen molar-refractivity contribution in [1.29, 1.82) is 0 Å². The second-order valence-electron chi connectivity index (χ2n) is 9.78. The Morgan fingerprint density at radius 2 is 1.92 bits per heavy atom. The number of para-hydroxylation sites is 1. The van der Waals surface area contributed by atoms with E-state index < -0.39 is 17.2 Å². The molecule has 0 aliphatic carbocycles. The lowest BCUT2D eigenvalue weighted by atomic mass is 9.82. The third-order valence-corrected chi connectivity index (χ3v) is 7.46. The van der Waals surface area contributed by atoms with Crippen LogP contribution >= 0.6 is 0 Å². The maximum Gasteiger partial charge on any atom is 0.254 e. The van der Waals surface area contributed by atoms with Crippen molar-refractivity contribution in [1.82, 2.24) is 20.2 Å². The van der Waals surface area contributed by atoms with E-state index in [2.05, 4.69) is 10.3 Å². The molecule has 1 atom stereocenters. The van der Waals surface area contributed by atoms with Crippen LogP contribution in [-0.2, 0) is 21.5 Å². The Kier molecular flexibility index (Phi) is 4.72. The SMILES string of the molecule is COc1ccc2c(c1)C(=O)N(C[C@@]1(c3cc4nc(-c5cc6ccccc6[nH]5)ccc4o3)CC(=O)NC1=O)C2. The third-order valence-electron chi connectivity index (χ3n) is 7.46. The van der Waals surface area contributed by atoms with Crippen LogP contribution in [0.2, 0.25) is 0 Å². The lowest BCUT2D eigenvalue weighted by Gasteiger charge is -2.28. The number of benzene rings is 2. The Balaban J connectivity index is 1.26. The van der Waals surface area contributed by atoms with Gasteiger partial charge >= 0.3 is 0 Å². The summed E-state index contributed by atoms with van der Waals surface area (Å²) in [6.07, 6.45) is -0.121. The highest BCUT2D eigenvalue weighted by atomic mass is 16.5. The molecule has 0 radical (unpaired) electrons. The molecule has 2 aliphatic heterocycles. The third kappa shape index (κ3) is 3.32. The first-order chi connectivity index (χ1) is 18.4. The van der Waals surface area contributed by atoms with Crippen LogP contribution in [0.25, 0.3) is 33.4 Å². The molecule has 38 heavy (non-hydrogen) atoms. The van der Waals surface area contributed by atoms with Gasteiger partial charge in [0.2, 0.25) is 11.8 Å². The van der Waals surface area contributed by atoms with Crippen molar-refractivity contribution in [3.63, 3.8) is 0 Å². The van der Waals surface area contributed by atoms with Gasteiger partial charge in [0.1, 0.15) is 22.4 Å². The minimum absolute atomic E-state index is 0.00486. The van der Waals surface area contributed by atoms with E-state index in [1.807, 2.05) is 42.5 Å². The van der Waals surface area contributed by atoms with Crippen molar-refractivity contribution in [2.24, 2.45) is 0 Å². The van der Waals surface area contributed by atoms with Gasteiger partial charge in [-0.1, -0.05) is 24.3 Å². The number of methoxy groups -OCH3 is 1. The van der Waals surface area contributed by atoms with Gasteiger partial charge in [0, 0.05) is 35.6 Å². The lowest BCUT2D eigenvalue weighted by Crippen LogP contribution is -2.46. The van der Waals surface area contributed by atoms with E-state index in [0.717, 1.165) is 27.9 Å². The van der Waals surface area contributed by atoms with Crippen molar-refractivity contribution in [2.45, 2.75) is 18.4 Å². The minimum atomic E-state index is -1.36. The number of aromatic nitrogens is 2. The topological polar surface area (TPSA) is 118 Å². The number of imide groups is 1. The quantitative estimate of drug-likeness (QED) is 0.349. The van der Waals surface area contributed by atoms with Crippen LogP contribution < -0.4 is 10.1 Å². The molecule has 7 rings (SSSR count). The Labute approximate surface area is 216 Å². The molecule has 5 aromatic rings. The Bertz CT molecular complexity index is 1770. The number of hydrogen-bond acceptors (Lipinski definition) is 6. The zero-order valence-electron chi connectivity index (χ0n) is 20.4. The number of carbonyl (C=O) groups is 3. The molecule has 9 heteroatoms. The number of hydrogen-bond donors (Lipinski definition) is 2. The van der Waals surface area contributed by atoms with Crippen molar-refractivity contribution >= 4 is 39.7 Å². The first kappa shape index (κ1) is 22.3. The second kappa shape index (κ2) is 8.04. The Hall–Kier alpha value is -4.92. The summed E-state index contributed by atoms with van der Waals surface area (Å²) in [5, 5.41) is 3.48. The van der Waals surface area contributed by atoms with Crippen LogP contribution in [0, 0.1) is 0 Å². The van der Waals surface area contributed by atoms with Crippen LogP contribution in [-0.4, -0.2) is 46.2 Å². The maximum absolute atomic E-state index is 13.3. The smallest absolute Gasteiger partial charge is 0.254 e. The average molecular weight is 507 g/mol. The number of H-pyrrole nitrogens is 1. The van der Waals surface area contributed by atoms with Crippen LogP contribution in [0.5, 0.6) is 5.75 Å². The monoisotopic (exact) mass is 506 g/mol.